The Bertz CT molecular complexity index is 448. The first-order chi connectivity index (χ1) is 6.85. The van der Waals surface area contributed by atoms with E-state index in [9.17, 15) is 8.42 Å². The molecule has 1 aromatic heterocycles. The predicted octanol–water partition coefficient (Wildman–Crippen LogP) is 0.0368. The number of sulfone groups is 1. The van der Waals surface area contributed by atoms with Gasteiger partial charge in [0.1, 0.15) is 9.84 Å². The number of hydrogen-bond acceptors (Lipinski definition) is 4. The number of aliphatic hydroxyl groups is 1. The van der Waals surface area contributed by atoms with Gasteiger partial charge in [-0.05, 0) is 13.8 Å². The summed E-state index contributed by atoms with van der Waals surface area (Å²) in [6.45, 7) is 3.91. The van der Waals surface area contributed by atoms with Crippen molar-refractivity contribution in [2.45, 2.75) is 27.0 Å². The molecule has 1 rings (SSSR count). The molecule has 1 aromatic rings. The standard InChI is InChI=1S/C9H16N2O3S/c1-7-9(6-12)8(2)11(10-7)4-5-15(3,13)14/h12H,4-6H2,1-3H3. The van der Waals surface area contributed by atoms with Gasteiger partial charge in [0.25, 0.3) is 0 Å². The first kappa shape index (κ1) is 12.2. The molecule has 0 radical (unpaired) electrons. The van der Waals surface area contributed by atoms with E-state index < -0.39 is 9.84 Å². The van der Waals surface area contributed by atoms with E-state index in [1.807, 2.05) is 6.92 Å². The van der Waals surface area contributed by atoms with Crippen LogP contribution in [-0.4, -0.2) is 35.3 Å². The Balaban J connectivity index is 2.88. The molecular formula is C9H16N2O3S. The molecule has 0 saturated carbocycles. The quantitative estimate of drug-likeness (QED) is 0.795. The monoisotopic (exact) mass is 232 g/mol. The van der Waals surface area contributed by atoms with Crippen molar-refractivity contribution in [3.8, 4) is 0 Å². The van der Waals surface area contributed by atoms with Gasteiger partial charge in [-0.3, -0.25) is 4.68 Å². The summed E-state index contributed by atoms with van der Waals surface area (Å²) < 4.78 is 23.6. The molecule has 0 spiro atoms. The van der Waals surface area contributed by atoms with E-state index in [4.69, 9.17) is 5.11 Å². The van der Waals surface area contributed by atoms with Gasteiger partial charge in [-0.2, -0.15) is 5.10 Å². The van der Waals surface area contributed by atoms with Gasteiger partial charge in [0, 0.05) is 17.5 Å². The third kappa shape index (κ3) is 3.04. The van der Waals surface area contributed by atoms with Crippen LogP contribution in [0.5, 0.6) is 0 Å². The summed E-state index contributed by atoms with van der Waals surface area (Å²) in [4.78, 5) is 0. The summed E-state index contributed by atoms with van der Waals surface area (Å²) >= 11 is 0. The summed E-state index contributed by atoms with van der Waals surface area (Å²) in [5, 5.41) is 13.2. The highest BCUT2D eigenvalue weighted by Gasteiger charge is 2.11. The molecule has 0 unspecified atom stereocenters. The Morgan fingerprint density at radius 2 is 2.00 bits per heavy atom. The highest BCUT2D eigenvalue weighted by Crippen LogP contribution is 2.12. The maximum Gasteiger partial charge on any atom is 0.149 e. The third-order valence-corrected chi connectivity index (χ3v) is 3.29. The largest absolute Gasteiger partial charge is 0.392 e. The zero-order chi connectivity index (χ0) is 11.6. The van der Waals surface area contributed by atoms with Gasteiger partial charge >= 0.3 is 0 Å². The smallest absolute Gasteiger partial charge is 0.149 e. The molecule has 0 bridgehead atoms. The Kier molecular flexibility index (Phi) is 3.51. The van der Waals surface area contributed by atoms with Gasteiger partial charge in [0.2, 0.25) is 0 Å². The normalized spacial score (nSPS) is 12.0. The Labute approximate surface area is 89.6 Å². The fraction of sp³-hybridized carbons (Fsp3) is 0.667. The van der Waals surface area contributed by atoms with Gasteiger partial charge in [0.15, 0.2) is 0 Å². The molecule has 15 heavy (non-hydrogen) atoms. The molecule has 0 atom stereocenters. The first-order valence-electron chi connectivity index (χ1n) is 4.66. The Morgan fingerprint density at radius 1 is 1.40 bits per heavy atom. The summed E-state index contributed by atoms with van der Waals surface area (Å²) in [5.41, 5.74) is 2.37. The van der Waals surface area contributed by atoms with Crippen molar-refractivity contribution >= 4 is 9.84 Å². The molecule has 1 heterocycles. The lowest BCUT2D eigenvalue weighted by molar-refractivity contribution is 0.280. The second-order valence-electron chi connectivity index (χ2n) is 3.66. The molecule has 86 valence electrons. The highest BCUT2D eigenvalue weighted by molar-refractivity contribution is 7.90. The number of nitrogens with zero attached hydrogens (tertiary/aromatic N) is 2. The minimum Gasteiger partial charge on any atom is -0.392 e. The molecule has 5 nitrogen and oxygen atoms in total. The SMILES string of the molecule is Cc1nn(CCS(C)(=O)=O)c(C)c1CO. The van der Waals surface area contributed by atoms with E-state index in [1.165, 1.54) is 6.26 Å². The fourth-order valence-corrected chi connectivity index (χ4v) is 1.94. The molecule has 0 saturated heterocycles. The van der Waals surface area contributed by atoms with E-state index in [1.54, 1.807) is 11.6 Å². The Morgan fingerprint density at radius 3 is 2.40 bits per heavy atom. The second-order valence-corrected chi connectivity index (χ2v) is 5.92. The van der Waals surface area contributed by atoms with Gasteiger partial charge in [-0.25, -0.2) is 8.42 Å². The van der Waals surface area contributed by atoms with Crippen LogP contribution in [0.1, 0.15) is 17.0 Å². The molecule has 0 aliphatic rings. The van der Waals surface area contributed by atoms with E-state index in [-0.39, 0.29) is 12.4 Å². The third-order valence-electron chi connectivity index (χ3n) is 2.36. The summed E-state index contributed by atoms with van der Waals surface area (Å²) in [5.74, 6) is 0.0693. The minimum atomic E-state index is -2.97. The van der Waals surface area contributed by atoms with E-state index >= 15 is 0 Å². The van der Waals surface area contributed by atoms with Crippen LogP contribution in [0.25, 0.3) is 0 Å². The number of aromatic nitrogens is 2. The highest BCUT2D eigenvalue weighted by atomic mass is 32.2. The van der Waals surface area contributed by atoms with Crippen molar-refractivity contribution in [1.29, 1.82) is 0 Å². The summed E-state index contributed by atoms with van der Waals surface area (Å²) in [6.07, 6.45) is 1.20. The molecule has 0 aliphatic carbocycles. The molecule has 0 fully saturated rings. The molecule has 0 aliphatic heterocycles. The van der Waals surface area contributed by atoms with Gasteiger partial charge < -0.3 is 5.11 Å². The molecule has 0 aromatic carbocycles. The minimum absolute atomic E-state index is 0.0590. The summed E-state index contributed by atoms with van der Waals surface area (Å²) in [6, 6.07) is 0. The molecule has 1 N–H and O–H groups in total. The number of rotatable bonds is 4. The Hall–Kier alpha value is -0.880. The average Bonchev–Trinajstić information content (AvgIpc) is 2.37. The van der Waals surface area contributed by atoms with Crippen molar-refractivity contribution in [3.05, 3.63) is 17.0 Å². The lowest BCUT2D eigenvalue weighted by Gasteiger charge is -2.03. The molecule has 6 heteroatoms. The number of hydrogen-bond donors (Lipinski definition) is 1. The number of aryl methyl sites for hydroxylation is 2. The van der Waals surface area contributed by atoms with Gasteiger partial charge in [0.05, 0.1) is 24.6 Å². The van der Waals surface area contributed by atoms with E-state index in [0.717, 1.165) is 17.0 Å². The predicted molar refractivity (Wildman–Crippen MR) is 57.3 cm³/mol. The summed E-state index contributed by atoms with van der Waals surface area (Å²) in [7, 11) is -2.97. The van der Waals surface area contributed by atoms with Crippen LogP contribution in [-0.2, 0) is 23.0 Å². The fourth-order valence-electron chi connectivity index (χ4n) is 1.43. The van der Waals surface area contributed by atoms with Crippen LogP contribution in [0.2, 0.25) is 0 Å². The zero-order valence-corrected chi connectivity index (χ0v) is 10.0. The lowest BCUT2D eigenvalue weighted by Crippen LogP contribution is -2.13. The van der Waals surface area contributed by atoms with Gasteiger partial charge in [-0.1, -0.05) is 0 Å². The van der Waals surface area contributed by atoms with E-state index in [2.05, 4.69) is 5.10 Å². The van der Waals surface area contributed by atoms with Crippen LogP contribution in [0, 0.1) is 13.8 Å². The van der Waals surface area contributed by atoms with Gasteiger partial charge in [-0.15, -0.1) is 0 Å². The topological polar surface area (TPSA) is 72.2 Å². The maximum absolute atomic E-state index is 11.0. The van der Waals surface area contributed by atoms with Crippen molar-refractivity contribution in [2.24, 2.45) is 0 Å². The van der Waals surface area contributed by atoms with Crippen molar-refractivity contribution in [3.63, 3.8) is 0 Å². The molecule has 0 amide bonds. The second kappa shape index (κ2) is 4.32. The number of aliphatic hydroxyl groups excluding tert-OH is 1. The van der Waals surface area contributed by atoms with E-state index in [0.29, 0.717) is 6.54 Å². The van der Waals surface area contributed by atoms with Crippen molar-refractivity contribution < 1.29 is 13.5 Å². The van der Waals surface area contributed by atoms with Crippen LogP contribution in [0.4, 0.5) is 0 Å². The first-order valence-corrected chi connectivity index (χ1v) is 6.72. The van der Waals surface area contributed by atoms with Crippen LogP contribution < -0.4 is 0 Å². The average molecular weight is 232 g/mol. The zero-order valence-electron chi connectivity index (χ0n) is 9.19. The maximum atomic E-state index is 11.0. The van der Waals surface area contributed by atoms with Crippen LogP contribution in [0.3, 0.4) is 0 Å². The van der Waals surface area contributed by atoms with Crippen LogP contribution in [0.15, 0.2) is 0 Å². The lowest BCUT2D eigenvalue weighted by atomic mass is 10.2. The van der Waals surface area contributed by atoms with Crippen molar-refractivity contribution in [2.75, 3.05) is 12.0 Å². The van der Waals surface area contributed by atoms with Crippen molar-refractivity contribution in [1.82, 2.24) is 9.78 Å². The van der Waals surface area contributed by atoms with Crippen LogP contribution >= 0.6 is 0 Å². The molecular weight excluding hydrogens is 216 g/mol.